The molecule has 2 rings (SSSR count). The molecule has 0 bridgehead atoms. The summed E-state index contributed by atoms with van der Waals surface area (Å²) in [6, 6.07) is 7.22. The van der Waals surface area contributed by atoms with Crippen molar-refractivity contribution in [3.8, 4) is 0 Å². The fraction of sp³-hybridized carbons (Fsp3) is 0.429. The summed E-state index contributed by atoms with van der Waals surface area (Å²) < 4.78 is 39.2. The number of halogens is 3. The highest BCUT2D eigenvalue weighted by Gasteiger charge is 2.57. The Morgan fingerprint density at radius 3 is 2.24 bits per heavy atom. The van der Waals surface area contributed by atoms with E-state index >= 15 is 0 Å². The molecule has 0 spiro atoms. The molecule has 1 aromatic carbocycles. The number of nitrogens with one attached hydrogen (secondary N) is 1. The van der Waals surface area contributed by atoms with Crippen molar-refractivity contribution < 1.29 is 27.9 Å². The van der Waals surface area contributed by atoms with E-state index in [-0.39, 0.29) is 18.4 Å². The lowest BCUT2D eigenvalue weighted by Crippen LogP contribution is -2.41. The van der Waals surface area contributed by atoms with Gasteiger partial charge in [-0.05, 0) is 18.4 Å². The van der Waals surface area contributed by atoms with Gasteiger partial charge in [-0.1, -0.05) is 30.3 Å². The van der Waals surface area contributed by atoms with Gasteiger partial charge in [0.25, 0.3) is 0 Å². The van der Waals surface area contributed by atoms with E-state index in [0.717, 1.165) is 0 Å². The second-order valence-electron chi connectivity index (χ2n) is 5.10. The third-order valence-electron chi connectivity index (χ3n) is 3.66. The van der Waals surface area contributed by atoms with Crippen molar-refractivity contribution in [2.45, 2.75) is 24.9 Å². The molecule has 4 nitrogen and oxygen atoms in total. The predicted molar refractivity (Wildman–Crippen MR) is 67.6 cm³/mol. The van der Waals surface area contributed by atoms with E-state index < -0.39 is 35.9 Å². The van der Waals surface area contributed by atoms with Crippen LogP contribution in [0.1, 0.15) is 24.3 Å². The molecule has 1 fully saturated rings. The summed E-state index contributed by atoms with van der Waals surface area (Å²) in [6.45, 7) is -0.665. The minimum absolute atomic E-state index is 0.0328. The molecule has 1 aliphatic carbocycles. The zero-order valence-corrected chi connectivity index (χ0v) is 11.0. The van der Waals surface area contributed by atoms with E-state index in [1.54, 1.807) is 6.07 Å². The number of aliphatic carboxylic acids is 1. The highest BCUT2D eigenvalue weighted by molar-refractivity contribution is 6.04. The largest absolute Gasteiger partial charge is 0.480 e. The van der Waals surface area contributed by atoms with Crippen molar-refractivity contribution >= 4 is 11.9 Å². The molecule has 7 heteroatoms. The SMILES string of the molecule is O=C(O)C1(C(=O)NCC(c2ccccc2)C(F)(F)F)CC1. The molecule has 1 saturated carbocycles. The molecule has 114 valence electrons. The molecule has 1 aromatic rings. The Kier molecular flexibility index (Phi) is 3.93. The monoisotopic (exact) mass is 301 g/mol. The van der Waals surface area contributed by atoms with Crippen LogP contribution in [0.2, 0.25) is 0 Å². The average molecular weight is 301 g/mol. The van der Waals surface area contributed by atoms with Crippen LogP contribution in [0.4, 0.5) is 13.2 Å². The van der Waals surface area contributed by atoms with Crippen LogP contribution in [-0.4, -0.2) is 29.7 Å². The normalized spacial score (nSPS) is 17.9. The van der Waals surface area contributed by atoms with Crippen LogP contribution in [0.5, 0.6) is 0 Å². The summed E-state index contributed by atoms with van der Waals surface area (Å²) in [5.74, 6) is -3.99. The van der Waals surface area contributed by atoms with Gasteiger partial charge in [0, 0.05) is 6.54 Å². The average Bonchev–Trinajstić information content (AvgIpc) is 3.20. The van der Waals surface area contributed by atoms with Crippen LogP contribution in [0.3, 0.4) is 0 Å². The third-order valence-corrected chi connectivity index (χ3v) is 3.66. The van der Waals surface area contributed by atoms with Crippen LogP contribution >= 0.6 is 0 Å². The highest BCUT2D eigenvalue weighted by Crippen LogP contribution is 2.46. The molecular weight excluding hydrogens is 287 g/mol. The van der Waals surface area contributed by atoms with Gasteiger partial charge < -0.3 is 10.4 Å². The molecule has 0 aromatic heterocycles. The van der Waals surface area contributed by atoms with Crippen LogP contribution in [0, 0.1) is 5.41 Å². The summed E-state index contributed by atoms with van der Waals surface area (Å²) in [5.41, 5.74) is -1.50. The van der Waals surface area contributed by atoms with Crippen molar-refractivity contribution in [1.29, 1.82) is 0 Å². The smallest absolute Gasteiger partial charge is 0.397 e. The summed E-state index contributed by atoms with van der Waals surface area (Å²) >= 11 is 0. The van der Waals surface area contributed by atoms with E-state index in [1.165, 1.54) is 24.3 Å². The number of alkyl halides is 3. The first-order valence-corrected chi connectivity index (χ1v) is 6.41. The van der Waals surface area contributed by atoms with Crippen molar-refractivity contribution in [3.05, 3.63) is 35.9 Å². The minimum atomic E-state index is -4.52. The maximum atomic E-state index is 13.1. The van der Waals surface area contributed by atoms with Crippen molar-refractivity contribution in [3.63, 3.8) is 0 Å². The van der Waals surface area contributed by atoms with Gasteiger partial charge in [-0.25, -0.2) is 0 Å². The quantitative estimate of drug-likeness (QED) is 0.820. The molecule has 2 N–H and O–H groups in total. The Hall–Kier alpha value is -2.05. The van der Waals surface area contributed by atoms with Gasteiger partial charge in [-0.3, -0.25) is 9.59 Å². The Bertz CT molecular complexity index is 538. The molecule has 0 heterocycles. The number of carboxylic acid groups (broad SMARTS) is 1. The molecule has 1 amide bonds. The van der Waals surface area contributed by atoms with E-state index in [9.17, 15) is 22.8 Å². The zero-order chi connectivity index (χ0) is 15.7. The number of rotatable bonds is 5. The van der Waals surface area contributed by atoms with E-state index in [4.69, 9.17) is 5.11 Å². The summed E-state index contributed by atoms with van der Waals surface area (Å²) in [7, 11) is 0. The number of carbonyl (C=O) groups is 2. The summed E-state index contributed by atoms with van der Waals surface area (Å²) in [5, 5.41) is 11.1. The second kappa shape index (κ2) is 5.38. The lowest BCUT2D eigenvalue weighted by molar-refractivity contribution is -0.153. The molecule has 1 aliphatic rings. The Balaban J connectivity index is 2.08. The summed E-state index contributed by atoms with van der Waals surface area (Å²) in [4.78, 5) is 22.7. The van der Waals surface area contributed by atoms with Gasteiger partial charge in [-0.2, -0.15) is 13.2 Å². The van der Waals surface area contributed by atoms with Crippen molar-refractivity contribution in [1.82, 2.24) is 5.32 Å². The van der Waals surface area contributed by atoms with Crippen molar-refractivity contribution in [2.75, 3.05) is 6.54 Å². The fourth-order valence-corrected chi connectivity index (χ4v) is 2.13. The maximum absolute atomic E-state index is 13.1. The number of benzene rings is 1. The first-order valence-electron chi connectivity index (χ1n) is 6.41. The molecule has 21 heavy (non-hydrogen) atoms. The number of hydrogen-bond acceptors (Lipinski definition) is 2. The van der Waals surface area contributed by atoms with Crippen LogP contribution in [-0.2, 0) is 9.59 Å². The predicted octanol–water partition coefficient (Wildman–Crippen LogP) is 2.31. The molecule has 0 aliphatic heterocycles. The van der Waals surface area contributed by atoms with E-state index in [1.807, 2.05) is 0 Å². The third kappa shape index (κ3) is 3.17. The van der Waals surface area contributed by atoms with Gasteiger partial charge in [-0.15, -0.1) is 0 Å². The van der Waals surface area contributed by atoms with E-state index in [0.29, 0.717) is 0 Å². The van der Waals surface area contributed by atoms with Gasteiger partial charge in [0.1, 0.15) is 5.41 Å². The minimum Gasteiger partial charge on any atom is -0.480 e. The number of amides is 1. The van der Waals surface area contributed by atoms with E-state index in [2.05, 4.69) is 5.32 Å². The van der Waals surface area contributed by atoms with Crippen molar-refractivity contribution in [2.24, 2.45) is 5.41 Å². The standard InChI is InChI=1S/C14H14F3NO3/c15-14(16,17)10(9-4-2-1-3-5-9)8-18-11(19)13(6-7-13)12(20)21/h1-5,10H,6-8H2,(H,18,19)(H,20,21). The zero-order valence-electron chi connectivity index (χ0n) is 11.0. The van der Waals surface area contributed by atoms with Gasteiger partial charge in [0.05, 0.1) is 5.92 Å². The lowest BCUT2D eigenvalue weighted by atomic mass is 9.98. The number of carbonyl (C=O) groups excluding carboxylic acids is 1. The lowest BCUT2D eigenvalue weighted by Gasteiger charge is -2.22. The molecule has 1 atom stereocenters. The molecular formula is C14H14F3NO3. The maximum Gasteiger partial charge on any atom is 0.397 e. The number of carboxylic acids is 1. The van der Waals surface area contributed by atoms with Gasteiger partial charge >= 0.3 is 12.1 Å². The van der Waals surface area contributed by atoms with Gasteiger partial charge in [0.2, 0.25) is 5.91 Å². The number of hydrogen-bond donors (Lipinski definition) is 2. The van der Waals surface area contributed by atoms with Crippen LogP contribution in [0.25, 0.3) is 0 Å². The second-order valence-corrected chi connectivity index (χ2v) is 5.10. The first-order chi connectivity index (χ1) is 9.77. The molecule has 0 radical (unpaired) electrons. The molecule has 0 saturated heterocycles. The van der Waals surface area contributed by atoms with Crippen LogP contribution < -0.4 is 5.32 Å². The topological polar surface area (TPSA) is 66.4 Å². The Morgan fingerprint density at radius 2 is 1.81 bits per heavy atom. The Morgan fingerprint density at radius 1 is 1.24 bits per heavy atom. The van der Waals surface area contributed by atoms with Gasteiger partial charge in [0.15, 0.2) is 0 Å². The molecule has 1 unspecified atom stereocenters. The first kappa shape index (κ1) is 15.3. The highest BCUT2D eigenvalue weighted by atomic mass is 19.4. The van der Waals surface area contributed by atoms with Crippen LogP contribution in [0.15, 0.2) is 30.3 Å². The summed E-state index contributed by atoms with van der Waals surface area (Å²) in [6.07, 6.45) is -4.19. The Labute approximate surface area is 119 Å². The fourth-order valence-electron chi connectivity index (χ4n) is 2.13.